The molecular formula is C23H18N4O7S3. The number of aryl methyl sites for hydroxylation is 1. The molecule has 0 aliphatic carbocycles. The van der Waals surface area contributed by atoms with Crippen LogP contribution in [-0.4, -0.2) is 32.7 Å². The summed E-state index contributed by atoms with van der Waals surface area (Å²) in [6.45, 7) is 1.84. The van der Waals surface area contributed by atoms with E-state index in [2.05, 4.69) is 15.0 Å². The van der Waals surface area contributed by atoms with Crippen molar-refractivity contribution in [3.05, 3.63) is 100 Å². The molecule has 2 N–H and O–H groups in total. The lowest BCUT2D eigenvalue weighted by molar-refractivity contribution is -0.384. The van der Waals surface area contributed by atoms with Gasteiger partial charge in [-0.15, -0.1) is 0 Å². The molecule has 11 nitrogen and oxygen atoms in total. The molecule has 1 aromatic heterocycles. The van der Waals surface area contributed by atoms with Gasteiger partial charge in [0.2, 0.25) is 9.84 Å². The summed E-state index contributed by atoms with van der Waals surface area (Å²) < 4.78 is 53.2. The number of carbonyl (C=O) groups is 1. The Morgan fingerprint density at radius 2 is 1.59 bits per heavy atom. The van der Waals surface area contributed by atoms with Crippen molar-refractivity contribution in [3.8, 4) is 0 Å². The minimum Gasteiger partial charge on any atom is -0.298 e. The smallest absolute Gasteiger partial charge is 0.269 e. The van der Waals surface area contributed by atoms with Gasteiger partial charge in [-0.2, -0.15) is 0 Å². The minimum atomic E-state index is -4.01. The van der Waals surface area contributed by atoms with Crippen molar-refractivity contribution in [2.75, 3.05) is 10.0 Å². The predicted octanol–water partition coefficient (Wildman–Crippen LogP) is 4.25. The number of sulfone groups is 1. The second-order valence-electron chi connectivity index (χ2n) is 7.69. The first-order valence-corrected chi connectivity index (χ1v) is 14.2. The second-order valence-corrected chi connectivity index (χ2v) is 12.6. The fourth-order valence-electron chi connectivity index (χ4n) is 3.13. The van der Waals surface area contributed by atoms with Gasteiger partial charge in [0, 0.05) is 23.4 Å². The SMILES string of the molecule is Cc1ccc(S(=O)(=O)Nc2cccc(C(=O)Nc3ncc(S(=O)(=O)c4ccc([N+](=O)[O-])cc4)s3)c2)cc1. The van der Waals surface area contributed by atoms with Crippen molar-refractivity contribution in [2.24, 2.45) is 0 Å². The number of hydrogen-bond donors (Lipinski definition) is 2. The molecular weight excluding hydrogens is 540 g/mol. The Morgan fingerprint density at radius 3 is 2.24 bits per heavy atom. The van der Waals surface area contributed by atoms with Crippen LogP contribution in [0.4, 0.5) is 16.5 Å². The van der Waals surface area contributed by atoms with E-state index in [-0.39, 0.29) is 36.1 Å². The lowest BCUT2D eigenvalue weighted by Gasteiger charge is -2.10. The highest BCUT2D eigenvalue weighted by molar-refractivity contribution is 7.93. The van der Waals surface area contributed by atoms with Crippen LogP contribution in [0.2, 0.25) is 0 Å². The highest BCUT2D eigenvalue weighted by Crippen LogP contribution is 2.30. The van der Waals surface area contributed by atoms with Crippen LogP contribution < -0.4 is 10.0 Å². The van der Waals surface area contributed by atoms with Crippen molar-refractivity contribution in [1.29, 1.82) is 0 Å². The Balaban J connectivity index is 1.49. The number of anilines is 2. The number of aromatic nitrogens is 1. The Hall–Kier alpha value is -4.14. The van der Waals surface area contributed by atoms with Crippen molar-refractivity contribution in [1.82, 2.24) is 4.98 Å². The van der Waals surface area contributed by atoms with E-state index in [1.165, 1.54) is 36.4 Å². The van der Waals surface area contributed by atoms with Crippen molar-refractivity contribution in [2.45, 2.75) is 20.9 Å². The quantitative estimate of drug-likeness (QED) is 0.239. The summed E-state index contributed by atoms with van der Waals surface area (Å²) in [6.07, 6.45) is 1.07. The average Bonchev–Trinajstić information content (AvgIpc) is 3.33. The highest BCUT2D eigenvalue weighted by atomic mass is 32.2. The number of amides is 1. The van der Waals surface area contributed by atoms with Gasteiger partial charge in [-0.1, -0.05) is 35.1 Å². The van der Waals surface area contributed by atoms with Crippen LogP contribution in [0.15, 0.2) is 93.0 Å². The number of sulfonamides is 1. The summed E-state index contributed by atoms with van der Waals surface area (Å²) in [6, 6.07) is 16.5. The molecule has 0 aliphatic heterocycles. The van der Waals surface area contributed by atoms with E-state index in [4.69, 9.17) is 0 Å². The van der Waals surface area contributed by atoms with Gasteiger partial charge in [0.25, 0.3) is 21.6 Å². The van der Waals surface area contributed by atoms with Crippen LogP contribution in [0.5, 0.6) is 0 Å². The number of nitro groups is 1. The number of carbonyl (C=O) groups excluding carboxylic acids is 1. The summed E-state index contributed by atoms with van der Waals surface area (Å²) in [5.41, 5.74) is 0.927. The van der Waals surface area contributed by atoms with Gasteiger partial charge in [-0.25, -0.2) is 21.8 Å². The number of non-ortho nitro benzene ring substituents is 1. The molecule has 1 amide bonds. The second kappa shape index (κ2) is 10.1. The summed E-state index contributed by atoms with van der Waals surface area (Å²) in [7, 11) is -7.89. The van der Waals surface area contributed by atoms with E-state index in [0.717, 1.165) is 36.0 Å². The molecule has 4 aromatic rings. The summed E-state index contributed by atoms with van der Waals surface area (Å²) in [5, 5.41) is 13.3. The number of nitrogens with one attached hydrogen (secondary N) is 2. The molecule has 4 rings (SSSR count). The molecule has 3 aromatic carbocycles. The summed E-state index contributed by atoms with van der Waals surface area (Å²) in [4.78, 5) is 26.7. The molecule has 190 valence electrons. The molecule has 37 heavy (non-hydrogen) atoms. The normalized spacial score (nSPS) is 11.6. The predicted molar refractivity (Wildman–Crippen MR) is 137 cm³/mol. The van der Waals surface area contributed by atoms with Gasteiger partial charge in [-0.05, 0) is 49.4 Å². The first-order chi connectivity index (χ1) is 17.5. The van der Waals surface area contributed by atoms with Crippen LogP contribution >= 0.6 is 11.3 Å². The maximum Gasteiger partial charge on any atom is 0.269 e. The van der Waals surface area contributed by atoms with Gasteiger partial charge in [0.15, 0.2) is 5.13 Å². The van der Waals surface area contributed by atoms with Crippen molar-refractivity contribution in [3.63, 3.8) is 0 Å². The fourth-order valence-corrected chi connectivity index (χ4v) is 6.61. The number of nitro benzene ring substituents is 1. The number of nitrogens with zero attached hydrogens (tertiary/aromatic N) is 2. The maximum absolute atomic E-state index is 12.8. The topological polar surface area (TPSA) is 165 Å². The van der Waals surface area contributed by atoms with E-state index < -0.39 is 30.7 Å². The first kappa shape index (κ1) is 25.9. The lowest BCUT2D eigenvalue weighted by atomic mass is 10.2. The Labute approximate surface area is 215 Å². The average molecular weight is 559 g/mol. The van der Waals surface area contributed by atoms with E-state index in [0.29, 0.717) is 11.3 Å². The van der Waals surface area contributed by atoms with Gasteiger partial charge < -0.3 is 0 Å². The minimum absolute atomic E-state index is 0.00359. The molecule has 0 fully saturated rings. The van der Waals surface area contributed by atoms with E-state index >= 15 is 0 Å². The van der Waals surface area contributed by atoms with Crippen molar-refractivity contribution < 1.29 is 26.6 Å². The van der Waals surface area contributed by atoms with Crippen LogP contribution in [0.1, 0.15) is 15.9 Å². The molecule has 0 saturated heterocycles. The Kier molecular flexibility index (Phi) is 7.07. The summed E-state index contributed by atoms with van der Waals surface area (Å²) >= 11 is 0.704. The zero-order chi connectivity index (χ0) is 26.8. The molecule has 0 radical (unpaired) electrons. The first-order valence-electron chi connectivity index (χ1n) is 10.4. The van der Waals surface area contributed by atoms with Gasteiger partial charge >= 0.3 is 0 Å². The Morgan fingerprint density at radius 1 is 0.946 bits per heavy atom. The number of benzene rings is 3. The fraction of sp³-hybridized carbons (Fsp3) is 0.0435. The summed E-state index contributed by atoms with van der Waals surface area (Å²) in [5.74, 6) is -0.634. The third-order valence-corrected chi connectivity index (χ3v) is 9.58. The van der Waals surface area contributed by atoms with Gasteiger partial charge in [0.05, 0.1) is 20.9 Å². The van der Waals surface area contributed by atoms with Crippen LogP contribution in [0.25, 0.3) is 0 Å². The van der Waals surface area contributed by atoms with E-state index in [1.54, 1.807) is 12.1 Å². The molecule has 0 unspecified atom stereocenters. The number of hydrogen-bond acceptors (Lipinski definition) is 9. The Bertz CT molecular complexity index is 1700. The molecule has 0 bridgehead atoms. The molecule has 0 saturated carbocycles. The third-order valence-electron chi connectivity index (χ3n) is 5.04. The molecule has 1 heterocycles. The monoisotopic (exact) mass is 558 g/mol. The van der Waals surface area contributed by atoms with Crippen LogP contribution in [0.3, 0.4) is 0 Å². The largest absolute Gasteiger partial charge is 0.298 e. The third kappa shape index (κ3) is 5.82. The van der Waals surface area contributed by atoms with Gasteiger partial charge in [0.1, 0.15) is 4.21 Å². The standard InChI is InChI=1S/C23H18N4O7S3/c1-15-5-9-20(10-6-15)37(33,34)26-17-4-2-3-16(13-17)22(28)25-23-24-14-21(35-23)36(31,32)19-11-7-18(8-12-19)27(29)30/h2-14,26H,1H3,(H,24,25,28). The van der Waals surface area contributed by atoms with Gasteiger partial charge in [-0.3, -0.25) is 24.9 Å². The molecule has 0 aliphatic rings. The molecule has 0 atom stereocenters. The van der Waals surface area contributed by atoms with Crippen molar-refractivity contribution >= 4 is 53.6 Å². The lowest BCUT2D eigenvalue weighted by Crippen LogP contribution is -2.15. The molecule has 14 heteroatoms. The zero-order valence-electron chi connectivity index (χ0n) is 19.0. The number of thiazole rings is 1. The number of rotatable bonds is 8. The maximum atomic E-state index is 12.8. The van der Waals surface area contributed by atoms with E-state index in [1.807, 2.05) is 6.92 Å². The highest BCUT2D eigenvalue weighted by Gasteiger charge is 2.23. The van der Waals surface area contributed by atoms with Crippen LogP contribution in [-0.2, 0) is 19.9 Å². The zero-order valence-corrected chi connectivity index (χ0v) is 21.4. The van der Waals surface area contributed by atoms with E-state index in [9.17, 15) is 31.7 Å². The molecule has 0 spiro atoms. The van der Waals surface area contributed by atoms with Crippen LogP contribution in [0, 0.1) is 17.0 Å².